The fourth-order valence-electron chi connectivity index (χ4n) is 2.77. The highest BCUT2D eigenvalue weighted by Gasteiger charge is 2.31. The van der Waals surface area contributed by atoms with E-state index in [0.29, 0.717) is 27.0 Å². The number of amides is 3. The molecule has 5 nitrogen and oxygen atoms in total. The summed E-state index contributed by atoms with van der Waals surface area (Å²) in [4.78, 5) is 24.8. The summed E-state index contributed by atoms with van der Waals surface area (Å²) >= 11 is 12.1. The first-order valence-electron chi connectivity index (χ1n) is 7.96. The van der Waals surface area contributed by atoms with Gasteiger partial charge in [-0.3, -0.25) is 4.79 Å². The average molecular weight is 390 g/mol. The summed E-state index contributed by atoms with van der Waals surface area (Å²) in [6.07, 6.45) is 0. The highest BCUT2D eigenvalue weighted by molar-refractivity contribution is 6.31. The molecule has 134 valence electrons. The number of hydrogen-bond acceptors (Lipinski definition) is 2. The second kappa shape index (κ2) is 7.40. The molecule has 3 amide bonds. The maximum Gasteiger partial charge on any atom is 0.319 e. The molecule has 1 heterocycles. The molecule has 1 atom stereocenters. The molecule has 0 spiro atoms. The third kappa shape index (κ3) is 3.84. The molecule has 0 saturated carbocycles. The molecule has 26 heavy (non-hydrogen) atoms. The number of urea groups is 1. The van der Waals surface area contributed by atoms with Gasteiger partial charge in [-0.1, -0.05) is 41.4 Å². The first-order valence-corrected chi connectivity index (χ1v) is 8.72. The number of carbonyl (C=O) groups is 2. The Morgan fingerprint density at radius 3 is 2.42 bits per heavy atom. The fraction of sp³-hybridized carbons (Fsp3) is 0.158. The van der Waals surface area contributed by atoms with E-state index in [1.807, 2.05) is 13.0 Å². The summed E-state index contributed by atoms with van der Waals surface area (Å²) in [5.41, 5.74) is 3.17. The van der Waals surface area contributed by atoms with Gasteiger partial charge in [0.05, 0.1) is 11.6 Å². The summed E-state index contributed by atoms with van der Waals surface area (Å²) in [5, 5.41) is 9.41. The van der Waals surface area contributed by atoms with E-state index in [1.54, 1.807) is 43.3 Å². The summed E-state index contributed by atoms with van der Waals surface area (Å²) in [6.45, 7) is 3.58. The Morgan fingerprint density at radius 1 is 1.08 bits per heavy atom. The number of nitrogens with one attached hydrogen (secondary N) is 3. The van der Waals surface area contributed by atoms with E-state index in [9.17, 15) is 9.59 Å². The topological polar surface area (TPSA) is 70.2 Å². The highest BCUT2D eigenvalue weighted by Crippen LogP contribution is 2.29. The average Bonchev–Trinajstić information content (AvgIpc) is 2.58. The Bertz CT molecular complexity index is 908. The molecule has 0 radical (unpaired) electrons. The van der Waals surface area contributed by atoms with E-state index in [0.717, 1.165) is 11.1 Å². The molecule has 7 heteroatoms. The Balaban J connectivity index is 1.93. The smallest absolute Gasteiger partial charge is 0.319 e. The van der Waals surface area contributed by atoms with Gasteiger partial charge in [-0.2, -0.15) is 0 Å². The lowest BCUT2D eigenvalue weighted by Crippen LogP contribution is -2.45. The van der Waals surface area contributed by atoms with Crippen molar-refractivity contribution in [2.75, 3.05) is 5.32 Å². The molecule has 1 unspecified atom stereocenters. The zero-order valence-corrected chi connectivity index (χ0v) is 15.7. The van der Waals surface area contributed by atoms with E-state index in [4.69, 9.17) is 23.2 Å². The lowest BCUT2D eigenvalue weighted by Gasteiger charge is -2.28. The van der Waals surface area contributed by atoms with Gasteiger partial charge < -0.3 is 16.0 Å². The molecule has 0 saturated heterocycles. The molecule has 0 aliphatic carbocycles. The van der Waals surface area contributed by atoms with Gasteiger partial charge in [-0.05, 0) is 49.2 Å². The third-order valence-electron chi connectivity index (χ3n) is 4.15. The molecule has 0 aromatic heterocycles. The number of benzene rings is 2. The van der Waals surface area contributed by atoms with Crippen molar-refractivity contribution in [3.8, 4) is 0 Å². The van der Waals surface area contributed by atoms with Gasteiger partial charge in [-0.15, -0.1) is 0 Å². The number of anilines is 1. The van der Waals surface area contributed by atoms with Crippen molar-refractivity contribution >= 4 is 40.8 Å². The molecule has 3 N–H and O–H groups in total. The Hall–Kier alpha value is -2.50. The quantitative estimate of drug-likeness (QED) is 0.719. The van der Waals surface area contributed by atoms with Crippen LogP contribution in [0.5, 0.6) is 0 Å². The van der Waals surface area contributed by atoms with Gasteiger partial charge in [0.2, 0.25) is 0 Å². The first-order chi connectivity index (χ1) is 12.3. The van der Waals surface area contributed by atoms with Gasteiger partial charge in [0.25, 0.3) is 5.91 Å². The van der Waals surface area contributed by atoms with E-state index in [1.165, 1.54) is 0 Å². The summed E-state index contributed by atoms with van der Waals surface area (Å²) in [6, 6.07) is 11.4. The maximum atomic E-state index is 12.9. The van der Waals surface area contributed by atoms with E-state index < -0.39 is 6.04 Å². The molecule has 1 aliphatic heterocycles. The predicted octanol–water partition coefficient (Wildman–Crippen LogP) is 4.57. The van der Waals surface area contributed by atoms with Gasteiger partial charge in [0, 0.05) is 21.4 Å². The van der Waals surface area contributed by atoms with Crippen molar-refractivity contribution in [1.29, 1.82) is 0 Å². The van der Waals surface area contributed by atoms with Crippen LogP contribution in [0.15, 0.2) is 53.7 Å². The van der Waals surface area contributed by atoms with Crippen LogP contribution >= 0.6 is 23.2 Å². The molecule has 3 rings (SSSR count). The van der Waals surface area contributed by atoms with Crippen LogP contribution in [0, 0.1) is 6.92 Å². The van der Waals surface area contributed by atoms with Crippen LogP contribution in [-0.2, 0) is 4.79 Å². The Labute approximate surface area is 161 Å². The van der Waals surface area contributed by atoms with E-state index in [-0.39, 0.29) is 11.9 Å². The minimum Gasteiger partial charge on any atom is -0.327 e. The van der Waals surface area contributed by atoms with Gasteiger partial charge in [-0.25, -0.2) is 4.79 Å². The van der Waals surface area contributed by atoms with Crippen molar-refractivity contribution < 1.29 is 9.59 Å². The van der Waals surface area contributed by atoms with E-state index >= 15 is 0 Å². The highest BCUT2D eigenvalue weighted by atomic mass is 35.5. The zero-order chi connectivity index (χ0) is 18.8. The molecular formula is C19H17Cl2N3O2. The Morgan fingerprint density at radius 2 is 1.77 bits per heavy atom. The molecule has 2 aromatic carbocycles. The van der Waals surface area contributed by atoms with Crippen LogP contribution in [0.3, 0.4) is 0 Å². The van der Waals surface area contributed by atoms with Crippen molar-refractivity contribution in [2.45, 2.75) is 19.9 Å². The minimum atomic E-state index is -0.582. The normalized spacial score (nSPS) is 16.8. The fourth-order valence-corrected chi connectivity index (χ4v) is 3.08. The second-order valence-electron chi connectivity index (χ2n) is 6.04. The lowest BCUT2D eigenvalue weighted by atomic mass is 9.95. The summed E-state index contributed by atoms with van der Waals surface area (Å²) in [7, 11) is 0. The van der Waals surface area contributed by atoms with Gasteiger partial charge >= 0.3 is 6.03 Å². The van der Waals surface area contributed by atoms with Crippen LogP contribution in [0.1, 0.15) is 24.1 Å². The molecular weight excluding hydrogens is 373 g/mol. The molecule has 0 bridgehead atoms. The molecule has 2 aromatic rings. The number of hydrogen-bond donors (Lipinski definition) is 3. The summed E-state index contributed by atoms with van der Waals surface area (Å²) in [5.74, 6) is -0.324. The van der Waals surface area contributed by atoms with Crippen LogP contribution in [0.2, 0.25) is 10.0 Å². The van der Waals surface area contributed by atoms with Crippen molar-refractivity contribution in [1.82, 2.24) is 10.6 Å². The van der Waals surface area contributed by atoms with Crippen LogP contribution < -0.4 is 16.0 Å². The third-order valence-corrected chi connectivity index (χ3v) is 4.81. The van der Waals surface area contributed by atoms with Crippen molar-refractivity contribution in [3.05, 3.63) is 74.9 Å². The maximum absolute atomic E-state index is 12.9. The number of carbonyl (C=O) groups excluding carboxylic acids is 2. The number of allylic oxidation sites excluding steroid dienone is 1. The van der Waals surface area contributed by atoms with Crippen molar-refractivity contribution in [2.24, 2.45) is 0 Å². The lowest BCUT2D eigenvalue weighted by molar-refractivity contribution is -0.113. The molecule has 0 fully saturated rings. The van der Waals surface area contributed by atoms with Crippen LogP contribution in [0.4, 0.5) is 10.5 Å². The first kappa shape index (κ1) is 18.3. The standard InChI is InChI=1S/C19H17Cl2N3O2/c1-10-3-8-14(9-15(10)21)23-18(25)16-11(2)22-19(26)24-17(16)12-4-6-13(20)7-5-12/h3-9,17H,1-2H3,(H,23,25)(H2,22,24,26). The predicted molar refractivity (Wildman–Crippen MR) is 103 cm³/mol. The van der Waals surface area contributed by atoms with Gasteiger partial charge in [0.15, 0.2) is 0 Å². The van der Waals surface area contributed by atoms with Crippen LogP contribution in [-0.4, -0.2) is 11.9 Å². The number of rotatable bonds is 3. The van der Waals surface area contributed by atoms with Crippen molar-refractivity contribution in [3.63, 3.8) is 0 Å². The van der Waals surface area contributed by atoms with Gasteiger partial charge in [0.1, 0.15) is 0 Å². The summed E-state index contributed by atoms with van der Waals surface area (Å²) < 4.78 is 0. The zero-order valence-electron chi connectivity index (χ0n) is 14.2. The second-order valence-corrected chi connectivity index (χ2v) is 6.88. The Kier molecular flexibility index (Phi) is 5.20. The SMILES string of the molecule is CC1=C(C(=O)Nc2ccc(C)c(Cl)c2)C(c2ccc(Cl)cc2)NC(=O)N1. The number of aryl methyl sites for hydroxylation is 1. The van der Waals surface area contributed by atoms with E-state index in [2.05, 4.69) is 16.0 Å². The minimum absolute atomic E-state index is 0.324. The number of halogens is 2. The molecule has 1 aliphatic rings. The largest absolute Gasteiger partial charge is 0.327 e. The monoisotopic (exact) mass is 389 g/mol. The van der Waals surface area contributed by atoms with Crippen LogP contribution in [0.25, 0.3) is 0 Å².